The summed E-state index contributed by atoms with van der Waals surface area (Å²) in [5, 5.41) is 11.6. The molecule has 0 aliphatic heterocycles. The first-order chi connectivity index (χ1) is 8.43. The zero-order chi connectivity index (χ0) is 13.7. The lowest BCUT2D eigenvalue weighted by atomic mass is 10.2. The first-order valence-corrected chi connectivity index (χ1v) is 5.67. The molecule has 1 rings (SSSR count). The number of aliphatic carboxylic acids is 1. The largest absolute Gasteiger partial charge is 0.494 e. The van der Waals surface area contributed by atoms with Crippen LogP contribution < -0.4 is 10.1 Å². The number of hydrogen-bond donors (Lipinski definition) is 2. The molecule has 0 radical (unpaired) electrons. The molecule has 2 N–H and O–H groups in total. The van der Waals surface area contributed by atoms with Crippen molar-refractivity contribution >= 4 is 29.2 Å². The number of halogens is 1. The average Bonchev–Trinajstić information content (AvgIpc) is 2.26. The minimum absolute atomic E-state index is 0.0932. The van der Waals surface area contributed by atoms with Gasteiger partial charge in [0.25, 0.3) is 0 Å². The van der Waals surface area contributed by atoms with E-state index in [4.69, 9.17) is 21.4 Å². The van der Waals surface area contributed by atoms with Crippen LogP contribution in [0.1, 0.15) is 18.4 Å². The fourth-order valence-corrected chi connectivity index (χ4v) is 1.80. The highest BCUT2D eigenvalue weighted by molar-refractivity contribution is 6.31. The third kappa shape index (κ3) is 3.92. The van der Waals surface area contributed by atoms with Crippen LogP contribution >= 0.6 is 11.6 Å². The minimum atomic E-state index is -1.01. The second-order valence-corrected chi connectivity index (χ2v) is 4.18. The van der Waals surface area contributed by atoms with E-state index in [-0.39, 0.29) is 12.8 Å². The van der Waals surface area contributed by atoms with Gasteiger partial charge in [-0.05, 0) is 24.6 Å². The van der Waals surface area contributed by atoms with E-state index < -0.39 is 11.9 Å². The lowest BCUT2D eigenvalue weighted by molar-refractivity contribution is -0.138. The zero-order valence-electron chi connectivity index (χ0n) is 10.1. The Morgan fingerprint density at radius 2 is 2.06 bits per heavy atom. The van der Waals surface area contributed by atoms with E-state index in [1.165, 1.54) is 7.11 Å². The maximum atomic E-state index is 11.5. The van der Waals surface area contributed by atoms with Crippen LogP contribution in [-0.2, 0) is 9.59 Å². The predicted octanol–water partition coefficient (Wildman–Crippen LogP) is 2.46. The number of methoxy groups -OCH3 is 1. The third-order valence-corrected chi connectivity index (χ3v) is 2.50. The molecule has 0 unspecified atom stereocenters. The number of hydrogen-bond acceptors (Lipinski definition) is 3. The first kappa shape index (κ1) is 14.3. The molecule has 1 amide bonds. The zero-order valence-corrected chi connectivity index (χ0v) is 10.9. The van der Waals surface area contributed by atoms with Crippen LogP contribution in [0.25, 0.3) is 0 Å². The van der Waals surface area contributed by atoms with Gasteiger partial charge in [-0.2, -0.15) is 0 Å². The van der Waals surface area contributed by atoms with Crippen molar-refractivity contribution in [3.05, 3.63) is 22.7 Å². The molecule has 98 valence electrons. The second-order valence-electron chi connectivity index (χ2n) is 3.75. The van der Waals surface area contributed by atoms with E-state index >= 15 is 0 Å². The van der Waals surface area contributed by atoms with Gasteiger partial charge in [-0.1, -0.05) is 11.6 Å². The molecule has 18 heavy (non-hydrogen) atoms. The van der Waals surface area contributed by atoms with Crippen molar-refractivity contribution in [2.45, 2.75) is 19.8 Å². The number of carbonyl (C=O) groups excluding carboxylic acids is 1. The molecule has 0 bridgehead atoms. The van der Waals surface area contributed by atoms with Crippen LogP contribution in [0, 0.1) is 6.92 Å². The second kappa shape index (κ2) is 6.26. The molecular weight excluding hydrogens is 258 g/mol. The highest BCUT2D eigenvalue weighted by Gasteiger charge is 2.12. The van der Waals surface area contributed by atoms with Crippen molar-refractivity contribution in [3.63, 3.8) is 0 Å². The smallest absolute Gasteiger partial charge is 0.303 e. The van der Waals surface area contributed by atoms with Crippen LogP contribution in [0.5, 0.6) is 5.75 Å². The number of amides is 1. The number of nitrogens with one attached hydrogen (secondary N) is 1. The van der Waals surface area contributed by atoms with Gasteiger partial charge < -0.3 is 15.2 Å². The van der Waals surface area contributed by atoms with Crippen LogP contribution in [0.4, 0.5) is 5.69 Å². The molecule has 0 aliphatic rings. The summed E-state index contributed by atoms with van der Waals surface area (Å²) in [6, 6.07) is 3.28. The van der Waals surface area contributed by atoms with Crippen molar-refractivity contribution in [3.8, 4) is 5.75 Å². The summed E-state index contributed by atoms with van der Waals surface area (Å²) in [5.74, 6) is -0.889. The van der Waals surface area contributed by atoms with Crippen molar-refractivity contribution in [1.82, 2.24) is 0 Å². The summed E-state index contributed by atoms with van der Waals surface area (Å²) in [5.41, 5.74) is 1.23. The number of aryl methyl sites for hydroxylation is 1. The topological polar surface area (TPSA) is 75.6 Å². The van der Waals surface area contributed by atoms with Gasteiger partial charge in [0.15, 0.2) is 0 Å². The molecule has 1 aromatic rings. The van der Waals surface area contributed by atoms with E-state index in [0.717, 1.165) is 5.56 Å². The van der Waals surface area contributed by atoms with Crippen LogP contribution in [0.15, 0.2) is 12.1 Å². The van der Waals surface area contributed by atoms with Crippen LogP contribution in [-0.4, -0.2) is 24.1 Å². The first-order valence-electron chi connectivity index (χ1n) is 5.30. The molecule has 0 aromatic heterocycles. The van der Waals surface area contributed by atoms with Gasteiger partial charge in [-0.15, -0.1) is 0 Å². The SMILES string of the molecule is COc1c(C)cc(Cl)cc1NC(=O)CCC(=O)O. The molecule has 1 aromatic carbocycles. The van der Waals surface area contributed by atoms with Gasteiger partial charge in [-0.3, -0.25) is 9.59 Å². The molecule has 0 heterocycles. The van der Waals surface area contributed by atoms with E-state index in [2.05, 4.69) is 5.32 Å². The summed E-state index contributed by atoms with van der Waals surface area (Å²) in [4.78, 5) is 21.9. The van der Waals surface area contributed by atoms with E-state index in [1.807, 2.05) is 0 Å². The van der Waals surface area contributed by atoms with Gasteiger partial charge >= 0.3 is 5.97 Å². The summed E-state index contributed by atoms with van der Waals surface area (Å²) in [6.07, 6.45) is -0.308. The lowest BCUT2D eigenvalue weighted by Gasteiger charge is -2.12. The summed E-state index contributed by atoms with van der Waals surface area (Å²) in [7, 11) is 1.49. The third-order valence-electron chi connectivity index (χ3n) is 2.28. The van der Waals surface area contributed by atoms with Gasteiger partial charge in [-0.25, -0.2) is 0 Å². The van der Waals surface area contributed by atoms with E-state index in [9.17, 15) is 9.59 Å². The Morgan fingerprint density at radius 1 is 1.39 bits per heavy atom. The normalized spacial score (nSPS) is 9.94. The minimum Gasteiger partial charge on any atom is -0.494 e. The van der Waals surface area contributed by atoms with Crippen molar-refractivity contribution < 1.29 is 19.4 Å². The van der Waals surface area contributed by atoms with E-state index in [1.54, 1.807) is 19.1 Å². The molecule has 5 nitrogen and oxygen atoms in total. The fraction of sp³-hybridized carbons (Fsp3) is 0.333. The van der Waals surface area contributed by atoms with Crippen molar-refractivity contribution in [1.29, 1.82) is 0 Å². The molecular formula is C12H14ClNO4. The number of benzene rings is 1. The molecule has 0 spiro atoms. The Balaban J connectivity index is 2.83. The number of carboxylic acids is 1. The number of carboxylic acid groups (broad SMARTS) is 1. The van der Waals surface area contributed by atoms with E-state index in [0.29, 0.717) is 16.5 Å². The van der Waals surface area contributed by atoms with Crippen molar-refractivity contribution in [2.24, 2.45) is 0 Å². The molecule has 6 heteroatoms. The number of anilines is 1. The molecule has 0 atom stereocenters. The van der Waals surface area contributed by atoms with Gasteiger partial charge in [0.2, 0.25) is 5.91 Å². The number of carbonyl (C=O) groups is 2. The highest BCUT2D eigenvalue weighted by atomic mass is 35.5. The molecule has 0 aliphatic carbocycles. The van der Waals surface area contributed by atoms with Crippen LogP contribution in [0.2, 0.25) is 5.02 Å². The molecule has 0 saturated carbocycles. The standard InChI is InChI=1S/C12H14ClNO4/c1-7-5-8(13)6-9(12(7)18-2)14-10(15)3-4-11(16)17/h5-6H,3-4H2,1-2H3,(H,14,15)(H,16,17). The average molecular weight is 272 g/mol. The number of ether oxygens (including phenoxy) is 1. The van der Waals surface area contributed by atoms with Gasteiger partial charge in [0.1, 0.15) is 5.75 Å². The number of rotatable bonds is 5. The fourth-order valence-electron chi connectivity index (χ4n) is 1.53. The summed E-state index contributed by atoms with van der Waals surface area (Å²) in [6.45, 7) is 1.80. The Labute approximate surface area is 110 Å². The lowest BCUT2D eigenvalue weighted by Crippen LogP contribution is -2.14. The maximum absolute atomic E-state index is 11.5. The molecule has 0 fully saturated rings. The summed E-state index contributed by atoms with van der Waals surface area (Å²) < 4.78 is 5.17. The summed E-state index contributed by atoms with van der Waals surface area (Å²) >= 11 is 5.89. The monoisotopic (exact) mass is 271 g/mol. The van der Waals surface area contributed by atoms with Crippen LogP contribution in [0.3, 0.4) is 0 Å². The Morgan fingerprint density at radius 3 is 2.61 bits per heavy atom. The van der Waals surface area contributed by atoms with Crippen molar-refractivity contribution in [2.75, 3.05) is 12.4 Å². The Hall–Kier alpha value is -1.75. The quantitative estimate of drug-likeness (QED) is 0.862. The predicted molar refractivity (Wildman–Crippen MR) is 68.2 cm³/mol. The van der Waals surface area contributed by atoms with Gasteiger partial charge in [0, 0.05) is 11.4 Å². The highest BCUT2D eigenvalue weighted by Crippen LogP contribution is 2.32. The molecule has 0 saturated heterocycles. The Kier molecular flexibility index (Phi) is 4.97. The maximum Gasteiger partial charge on any atom is 0.303 e. The van der Waals surface area contributed by atoms with Gasteiger partial charge in [0.05, 0.1) is 19.2 Å². The Bertz CT molecular complexity index is 473.